The first-order valence-corrected chi connectivity index (χ1v) is 5.70. The third-order valence-electron chi connectivity index (χ3n) is 2.12. The van der Waals surface area contributed by atoms with Crippen LogP contribution in [-0.2, 0) is 4.74 Å². The molecule has 1 aromatic rings. The van der Waals surface area contributed by atoms with Crippen molar-refractivity contribution in [3.8, 4) is 5.88 Å². The van der Waals surface area contributed by atoms with E-state index >= 15 is 0 Å². The molecule has 0 radical (unpaired) electrons. The maximum Gasteiger partial charge on any atom is 0.331 e. The molecular weight excluding hydrogens is 238 g/mol. The number of aromatic nitrogens is 1. The normalized spacial score (nSPS) is 10.1. The molecule has 1 rings (SSSR count). The van der Waals surface area contributed by atoms with E-state index in [9.17, 15) is 10.1 Å². The largest absolute Gasteiger partial charge is 0.470 e. The Morgan fingerprint density at radius 3 is 2.83 bits per heavy atom. The van der Waals surface area contributed by atoms with E-state index in [2.05, 4.69) is 10.3 Å². The van der Waals surface area contributed by atoms with Gasteiger partial charge in [0.25, 0.3) is 5.88 Å². The van der Waals surface area contributed by atoms with Gasteiger partial charge in [-0.1, -0.05) is 6.92 Å². The zero-order valence-corrected chi connectivity index (χ0v) is 10.5. The predicted molar refractivity (Wildman–Crippen MR) is 67.0 cm³/mol. The highest BCUT2D eigenvalue weighted by molar-refractivity contribution is 5.49. The molecule has 1 aromatic heterocycles. The quantitative estimate of drug-likeness (QED) is 0.433. The van der Waals surface area contributed by atoms with E-state index in [-0.39, 0.29) is 18.2 Å². The Labute approximate surface area is 105 Å². The second-order valence-corrected chi connectivity index (χ2v) is 3.55. The smallest absolute Gasteiger partial charge is 0.331 e. The number of nitro groups is 1. The molecule has 0 amide bonds. The van der Waals surface area contributed by atoms with Gasteiger partial charge in [-0.05, 0) is 12.5 Å². The third kappa shape index (κ3) is 4.17. The fourth-order valence-corrected chi connectivity index (χ4v) is 1.25. The Hall–Kier alpha value is -1.89. The first-order valence-electron chi connectivity index (χ1n) is 5.70. The molecule has 7 heteroatoms. The van der Waals surface area contributed by atoms with E-state index in [0.717, 1.165) is 13.0 Å². The van der Waals surface area contributed by atoms with Crippen LogP contribution < -0.4 is 10.1 Å². The number of nitrogens with one attached hydrogen (secondary N) is 1. The first-order chi connectivity index (χ1) is 8.69. The van der Waals surface area contributed by atoms with Crippen molar-refractivity contribution >= 4 is 11.5 Å². The monoisotopic (exact) mass is 255 g/mol. The van der Waals surface area contributed by atoms with Crippen molar-refractivity contribution in [2.75, 3.05) is 32.2 Å². The number of ether oxygens (including phenoxy) is 2. The van der Waals surface area contributed by atoms with E-state index < -0.39 is 4.92 Å². The van der Waals surface area contributed by atoms with Crippen molar-refractivity contribution in [1.82, 2.24) is 4.98 Å². The summed E-state index contributed by atoms with van der Waals surface area (Å²) in [7, 11) is 1.53. The lowest BCUT2D eigenvalue weighted by Crippen LogP contribution is -2.09. The number of nitrogens with zero attached hydrogens (tertiary/aromatic N) is 2. The van der Waals surface area contributed by atoms with Gasteiger partial charge in [-0.3, -0.25) is 10.1 Å². The van der Waals surface area contributed by atoms with Gasteiger partial charge in [-0.15, -0.1) is 0 Å². The van der Waals surface area contributed by atoms with Gasteiger partial charge in [0, 0.05) is 19.7 Å². The summed E-state index contributed by atoms with van der Waals surface area (Å²) in [5, 5.41) is 13.9. The highest BCUT2D eigenvalue weighted by Gasteiger charge is 2.17. The number of rotatable bonds is 8. The van der Waals surface area contributed by atoms with Crippen LogP contribution >= 0.6 is 0 Å². The fourth-order valence-electron chi connectivity index (χ4n) is 1.25. The Kier molecular flexibility index (Phi) is 5.86. The fraction of sp³-hybridized carbons (Fsp3) is 0.545. The lowest BCUT2D eigenvalue weighted by atomic mass is 10.4. The Morgan fingerprint density at radius 1 is 1.44 bits per heavy atom. The molecule has 0 atom stereocenters. The molecule has 0 saturated heterocycles. The zero-order chi connectivity index (χ0) is 13.4. The summed E-state index contributed by atoms with van der Waals surface area (Å²) in [5.41, 5.74) is -0.145. The van der Waals surface area contributed by atoms with Gasteiger partial charge in [-0.2, -0.15) is 4.98 Å². The minimum atomic E-state index is -0.515. The molecule has 0 saturated carbocycles. The van der Waals surface area contributed by atoms with Crippen LogP contribution in [-0.4, -0.2) is 36.8 Å². The molecule has 1 heterocycles. The number of methoxy groups -OCH3 is 1. The summed E-state index contributed by atoms with van der Waals surface area (Å²) in [6.07, 6.45) is 0.943. The molecular formula is C11H17N3O4. The zero-order valence-electron chi connectivity index (χ0n) is 10.5. The summed E-state index contributed by atoms with van der Waals surface area (Å²) in [6.45, 7) is 3.35. The van der Waals surface area contributed by atoms with Crippen LogP contribution in [0.15, 0.2) is 12.1 Å². The molecule has 0 unspecified atom stereocenters. The van der Waals surface area contributed by atoms with Crippen molar-refractivity contribution in [2.24, 2.45) is 0 Å². The maximum absolute atomic E-state index is 10.8. The van der Waals surface area contributed by atoms with Crippen molar-refractivity contribution in [1.29, 1.82) is 0 Å². The van der Waals surface area contributed by atoms with Gasteiger partial charge in [0.15, 0.2) is 0 Å². The molecule has 0 aliphatic rings. The third-order valence-corrected chi connectivity index (χ3v) is 2.12. The molecule has 0 aromatic carbocycles. The van der Waals surface area contributed by atoms with Gasteiger partial charge >= 0.3 is 5.69 Å². The molecule has 0 spiro atoms. The summed E-state index contributed by atoms with van der Waals surface area (Å²) in [6, 6.07) is 2.95. The van der Waals surface area contributed by atoms with E-state index in [1.165, 1.54) is 13.2 Å². The van der Waals surface area contributed by atoms with Crippen LogP contribution in [0.3, 0.4) is 0 Å². The highest BCUT2D eigenvalue weighted by atomic mass is 16.6. The minimum Gasteiger partial charge on any atom is -0.470 e. The Bertz CT molecular complexity index is 398. The SMILES string of the molecule is CCCNc1ccc([N+](=O)[O-])c(OCCOC)n1. The van der Waals surface area contributed by atoms with Crippen LogP contribution in [0.25, 0.3) is 0 Å². The van der Waals surface area contributed by atoms with Gasteiger partial charge in [0.2, 0.25) is 0 Å². The summed E-state index contributed by atoms with van der Waals surface area (Å²) >= 11 is 0. The van der Waals surface area contributed by atoms with Crippen molar-refractivity contribution < 1.29 is 14.4 Å². The molecule has 0 aliphatic heterocycles. The molecule has 100 valence electrons. The van der Waals surface area contributed by atoms with Crippen molar-refractivity contribution in [3.05, 3.63) is 22.2 Å². The number of hydrogen-bond donors (Lipinski definition) is 1. The van der Waals surface area contributed by atoms with E-state index in [1.807, 2.05) is 6.92 Å². The van der Waals surface area contributed by atoms with E-state index in [0.29, 0.717) is 12.4 Å². The van der Waals surface area contributed by atoms with E-state index in [4.69, 9.17) is 9.47 Å². The number of anilines is 1. The van der Waals surface area contributed by atoms with Crippen molar-refractivity contribution in [2.45, 2.75) is 13.3 Å². The standard InChI is InChI=1S/C11H17N3O4/c1-3-6-12-10-5-4-9(14(15)16)11(13-10)18-8-7-17-2/h4-5H,3,6-8H2,1-2H3,(H,12,13). The first kappa shape index (κ1) is 14.2. The molecule has 0 fully saturated rings. The second-order valence-electron chi connectivity index (χ2n) is 3.55. The predicted octanol–water partition coefficient (Wildman–Crippen LogP) is 1.84. The molecule has 0 bridgehead atoms. The van der Waals surface area contributed by atoms with E-state index in [1.54, 1.807) is 6.07 Å². The molecule has 18 heavy (non-hydrogen) atoms. The molecule has 7 nitrogen and oxygen atoms in total. The lowest BCUT2D eigenvalue weighted by molar-refractivity contribution is -0.386. The van der Waals surface area contributed by atoms with Crippen LogP contribution in [0.1, 0.15) is 13.3 Å². The summed E-state index contributed by atoms with van der Waals surface area (Å²) < 4.78 is 10.1. The number of pyridine rings is 1. The van der Waals surface area contributed by atoms with Gasteiger partial charge < -0.3 is 14.8 Å². The average molecular weight is 255 g/mol. The highest BCUT2D eigenvalue weighted by Crippen LogP contribution is 2.26. The number of hydrogen-bond acceptors (Lipinski definition) is 6. The Balaban J connectivity index is 2.82. The van der Waals surface area contributed by atoms with Gasteiger partial charge in [0.1, 0.15) is 12.4 Å². The van der Waals surface area contributed by atoms with Crippen molar-refractivity contribution in [3.63, 3.8) is 0 Å². The molecule has 0 aliphatic carbocycles. The Morgan fingerprint density at radius 2 is 2.22 bits per heavy atom. The summed E-state index contributed by atoms with van der Waals surface area (Å²) in [5.74, 6) is 0.577. The maximum atomic E-state index is 10.8. The summed E-state index contributed by atoms with van der Waals surface area (Å²) in [4.78, 5) is 14.4. The molecule has 1 N–H and O–H groups in total. The topological polar surface area (TPSA) is 86.5 Å². The van der Waals surface area contributed by atoms with Crippen LogP contribution in [0.2, 0.25) is 0 Å². The van der Waals surface area contributed by atoms with Gasteiger partial charge in [0.05, 0.1) is 11.5 Å². The van der Waals surface area contributed by atoms with Crippen LogP contribution in [0.5, 0.6) is 5.88 Å². The van der Waals surface area contributed by atoms with Crippen LogP contribution in [0, 0.1) is 10.1 Å². The minimum absolute atomic E-state index is 0.0122. The van der Waals surface area contributed by atoms with Crippen LogP contribution in [0.4, 0.5) is 11.5 Å². The second kappa shape index (κ2) is 7.44. The lowest BCUT2D eigenvalue weighted by Gasteiger charge is -2.08. The van der Waals surface area contributed by atoms with Gasteiger partial charge in [-0.25, -0.2) is 0 Å². The average Bonchev–Trinajstić information content (AvgIpc) is 2.36.